The predicted molar refractivity (Wildman–Crippen MR) is 92.3 cm³/mol. The number of rotatable bonds is 6. The number of non-ortho nitro benzene ring substituents is 1. The summed E-state index contributed by atoms with van der Waals surface area (Å²) in [5.74, 6) is -1.77. The predicted octanol–water partition coefficient (Wildman–Crippen LogP) is 3.10. The Labute approximate surface area is 144 Å². The quantitative estimate of drug-likeness (QED) is 0.619. The fraction of sp³-hybridized carbons (Fsp3) is 0.222. The Balaban J connectivity index is 2.14. The minimum absolute atomic E-state index is 0.00754. The first-order valence-electron chi connectivity index (χ1n) is 7.68. The number of nitrogens with zero attached hydrogens (tertiary/aromatic N) is 1. The summed E-state index contributed by atoms with van der Waals surface area (Å²) in [6.07, 6.45) is 0. The molecule has 2 rings (SSSR count). The van der Waals surface area contributed by atoms with Crippen molar-refractivity contribution in [3.05, 3.63) is 64.2 Å². The van der Waals surface area contributed by atoms with Crippen LogP contribution in [0.3, 0.4) is 0 Å². The van der Waals surface area contributed by atoms with Crippen LogP contribution >= 0.6 is 0 Å². The van der Waals surface area contributed by atoms with E-state index in [4.69, 9.17) is 5.11 Å². The first kappa shape index (κ1) is 18.1. The molecule has 0 radical (unpaired) electrons. The maximum absolute atomic E-state index is 12.2. The number of amides is 1. The average molecular weight is 342 g/mol. The molecule has 0 aliphatic heterocycles. The van der Waals surface area contributed by atoms with Gasteiger partial charge in [-0.3, -0.25) is 14.9 Å². The molecule has 2 aromatic carbocycles. The van der Waals surface area contributed by atoms with Gasteiger partial charge in [0.15, 0.2) is 0 Å². The number of nitro groups is 1. The second-order valence-electron chi connectivity index (χ2n) is 5.91. The van der Waals surface area contributed by atoms with Gasteiger partial charge in [-0.05, 0) is 41.3 Å². The standard InChI is InChI=1S/C18H18N2O5/c1-11(2)16(18(22)23)19-17(21)14-5-3-12(4-6-14)13-7-9-15(10-8-13)20(24)25/h3-11,16H,1-2H3,(H,19,21)(H,22,23)/t16-/m0/s1. The molecule has 0 bridgehead atoms. The van der Waals surface area contributed by atoms with Crippen LogP contribution in [-0.4, -0.2) is 27.9 Å². The first-order valence-corrected chi connectivity index (χ1v) is 7.68. The lowest BCUT2D eigenvalue weighted by molar-refractivity contribution is -0.384. The van der Waals surface area contributed by atoms with Crippen LogP contribution in [0, 0.1) is 16.0 Å². The molecule has 0 spiro atoms. The van der Waals surface area contributed by atoms with Crippen molar-refractivity contribution < 1.29 is 19.6 Å². The van der Waals surface area contributed by atoms with Crippen molar-refractivity contribution in [2.45, 2.75) is 19.9 Å². The van der Waals surface area contributed by atoms with E-state index in [-0.39, 0.29) is 11.6 Å². The minimum Gasteiger partial charge on any atom is -0.480 e. The maximum atomic E-state index is 12.2. The number of hydrogen-bond acceptors (Lipinski definition) is 4. The number of hydrogen-bond donors (Lipinski definition) is 2. The third-order valence-electron chi connectivity index (χ3n) is 3.78. The molecule has 0 unspecified atom stereocenters. The molecule has 0 saturated heterocycles. The molecule has 1 atom stereocenters. The zero-order chi connectivity index (χ0) is 18.6. The van der Waals surface area contributed by atoms with Crippen LogP contribution in [0.5, 0.6) is 0 Å². The molecule has 0 aromatic heterocycles. The Morgan fingerprint density at radius 3 is 1.88 bits per heavy atom. The summed E-state index contributed by atoms with van der Waals surface area (Å²) in [6, 6.07) is 11.7. The van der Waals surface area contributed by atoms with E-state index in [0.29, 0.717) is 5.56 Å². The molecule has 0 saturated carbocycles. The zero-order valence-corrected chi connectivity index (χ0v) is 13.8. The monoisotopic (exact) mass is 342 g/mol. The molecular weight excluding hydrogens is 324 g/mol. The Bertz CT molecular complexity index is 782. The van der Waals surface area contributed by atoms with Crippen molar-refractivity contribution in [3.8, 4) is 11.1 Å². The highest BCUT2D eigenvalue weighted by Crippen LogP contribution is 2.22. The molecule has 1 amide bonds. The summed E-state index contributed by atoms with van der Waals surface area (Å²) in [5.41, 5.74) is 1.93. The Morgan fingerprint density at radius 2 is 1.48 bits per heavy atom. The molecule has 0 aliphatic carbocycles. The van der Waals surface area contributed by atoms with Crippen LogP contribution in [0.15, 0.2) is 48.5 Å². The minimum atomic E-state index is -1.08. The van der Waals surface area contributed by atoms with Crippen LogP contribution < -0.4 is 5.32 Å². The highest BCUT2D eigenvalue weighted by molar-refractivity contribution is 5.97. The Hall–Kier alpha value is -3.22. The SMILES string of the molecule is CC(C)[C@H](NC(=O)c1ccc(-c2ccc([N+](=O)[O-])cc2)cc1)C(=O)O. The molecule has 0 heterocycles. The molecule has 7 heteroatoms. The number of nitrogens with one attached hydrogen (secondary N) is 1. The highest BCUT2D eigenvalue weighted by Gasteiger charge is 2.23. The summed E-state index contributed by atoms with van der Waals surface area (Å²) >= 11 is 0. The van der Waals surface area contributed by atoms with Gasteiger partial charge < -0.3 is 10.4 Å². The van der Waals surface area contributed by atoms with Crippen LogP contribution in [0.1, 0.15) is 24.2 Å². The number of carboxylic acids is 1. The Kier molecular flexibility index (Phi) is 5.49. The van der Waals surface area contributed by atoms with Gasteiger partial charge in [0.05, 0.1) is 4.92 Å². The van der Waals surface area contributed by atoms with E-state index >= 15 is 0 Å². The number of aliphatic carboxylic acids is 1. The van der Waals surface area contributed by atoms with Crippen molar-refractivity contribution >= 4 is 17.6 Å². The van der Waals surface area contributed by atoms with E-state index in [0.717, 1.165) is 11.1 Å². The summed E-state index contributed by atoms with van der Waals surface area (Å²) < 4.78 is 0. The summed E-state index contributed by atoms with van der Waals surface area (Å²) in [5, 5.41) is 22.3. The van der Waals surface area contributed by atoms with Crippen molar-refractivity contribution in [3.63, 3.8) is 0 Å². The lowest BCUT2D eigenvalue weighted by Gasteiger charge is -2.17. The Morgan fingerprint density at radius 1 is 1.00 bits per heavy atom. The van der Waals surface area contributed by atoms with Crippen LogP contribution in [0.2, 0.25) is 0 Å². The third-order valence-corrected chi connectivity index (χ3v) is 3.78. The van der Waals surface area contributed by atoms with Crippen molar-refractivity contribution in [2.75, 3.05) is 0 Å². The fourth-order valence-electron chi connectivity index (χ4n) is 2.33. The fourth-order valence-corrected chi connectivity index (χ4v) is 2.33. The largest absolute Gasteiger partial charge is 0.480 e. The molecule has 2 N–H and O–H groups in total. The normalized spacial score (nSPS) is 11.8. The van der Waals surface area contributed by atoms with Gasteiger partial charge in [0.1, 0.15) is 6.04 Å². The summed E-state index contributed by atoms with van der Waals surface area (Å²) in [6.45, 7) is 3.44. The number of carboxylic acid groups (broad SMARTS) is 1. The zero-order valence-electron chi connectivity index (χ0n) is 13.8. The van der Waals surface area contributed by atoms with E-state index in [9.17, 15) is 19.7 Å². The van der Waals surface area contributed by atoms with E-state index in [2.05, 4.69) is 5.32 Å². The molecule has 25 heavy (non-hydrogen) atoms. The summed E-state index contributed by atoms with van der Waals surface area (Å²) in [4.78, 5) is 33.5. The lowest BCUT2D eigenvalue weighted by atomic mass is 10.0. The van der Waals surface area contributed by atoms with Crippen LogP contribution in [0.4, 0.5) is 5.69 Å². The molecular formula is C18H18N2O5. The number of carbonyl (C=O) groups is 2. The van der Waals surface area contributed by atoms with Crippen molar-refractivity contribution in [1.29, 1.82) is 0 Å². The number of nitro benzene ring substituents is 1. The van der Waals surface area contributed by atoms with Gasteiger partial charge in [-0.1, -0.05) is 26.0 Å². The van der Waals surface area contributed by atoms with Crippen LogP contribution in [0.25, 0.3) is 11.1 Å². The van der Waals surface area contributed by atoms with E-state index in [1.165, 1.54) is 12.1 Å². The van der Waals surface area contributed by atoms with Gasteiger partial charge in [-0.15, -0.1) is 0 Å². The van der Waals surface area contributed by atoms with Gasteiger partial charge in [0.25, 0.3) is 11.6 Å². The van der Waals surface area contributed by atoms with Crippen molar-refractivity contribution in [1.82, 2.24) is 5.32 Å². The topological polar surface area (TPSA) is 110 Å². The van der Waals surface area contributed by atoms with Crippen LogP contribution in [-0.2, 0) is 4.79 Å². The van der Waals surface area contributed by atoms with E-state index in [1.54, 1.807) is 50.2 Å². The second kappa shape index (κ2) is 7.57. The molecule has 130 valence electrons. The third kappa shape index (κ3) is 4.41. The van der Waals surface area contributed by atoms with Gasteiger partial charge in [0.2, 0.25) is 0 Å². The lowest BCUT2D eigenvalue weighted by Crippen LogP contribution is -2.44. The summed E-state index contributed by atoms with van der Waals surface area (Å²) in [7, 11) is 0. The molecule has 0 fully saturated rings. The van der Waals surface area contributed by atoms with E-state index < -0.39 is 22.8 Å². The van der Waals surface area contributed by atoms with Crippen molar-refractivity contribution in [2.24, 2.45) is 5.92 Å². The molecule has 7 nitrogen and oxygen atoms in total. The van der Waals surface area contributed by atoms with Gasteiger partial charge in [0, 0.05) is 17.7 Å². The highest BCUT2D eigenvalue weighted by atomic mass is 16.6. The van der Waals surface area contributed by atoms with E-state index in [1.807, 2.05) is 0 Å². The van der Waals surface area contributed by atoms with Gasteiger partial charge >= 0.3 is 5.97 Å². The number of carbonyl (C=O) groups excluding carboxylic acids is 1. The van der Waals surface area contributed by atoms with Gasteiger partial charge in [-0.2, -0.15) is 0 Å². The molecule has 2 aromatic rings. The van der Waals surface area contributed by atoms with Gasteiger partial charge in [-0.25, -0.2) is 4.79 Å². The second-order valence-corrected chi connectivity index (χ2v) is 5.91. The maximum Gasteiger partial charge on any atom is 0.326 e. The smallest absolute Gasteiger partial charge is 0.326 e. The number of benzene rings is 2. The molecule has 0 aliphatic rings. The average Bonchev–Trinajstić information content (AvgIpc) is 2.59. The first-order chi connectivity index (χ1) is 11.8.